The zero-order valence-electron chi connectivity index (χ0n) is 8.02. The number of hydrogen-bond donors (Lipinski definition) is 0. The predicted molar refractivity (Wildman–Crippen MR) is 50.2 cm³/mol. The Bertz CT molecular complexity index is 331. The smallest absolute Gasteiger partial charge is 0.136 e. The molecule has 0 fully saturated rings. The minimum atomic E-state index is -0.901. The summed E-state index contributed by atoms with van der Waals surface area (Å²) in [7, 11) is 0. The van der Waals surface area contributed by atoms with E-state index in [1.54, 1.807) is 6.08 Å². The number of allylic oxidation sites excluding steroid dienone is 1. The van der Waals surface area contributed by atoms with E-state index in [-0.39, 0.29) is 11.5 Å². The van der Waals surface area contributed by atoms with Crippen LogP contribution in [0.25, 0.3) is 6.08 Å². The molecule has 0 atom stereocenters. The molecule has 0 saturated carbocycles. The quantitative estimate of drug-likeness (QED) is 0.681. The van der Waals surface area contributed by atoms with Crippen LogP contribution in [0.2, 0.25) is 0 Å². The van der Waals surface area contributed by atoms with E-state index in [1.807, 2.05) is 13.8 Å². The van der Waals surface area contributed by atoms with E-state index < -0.39 is 17.5 Å². The average molecular weight is 200 g/mol. The summed E-state index contributed by atoms with van der Waals surface area (Å²) in [5.41, 5.74) is -0.194. The van der Waals surface area contributed by atoms with Gasteiger partial charge in [-0.15, -0.1) is 0 Å². The fourth-order valence-corrected chi connectivity index (χ4v) is 1.00. The Balaban J connectivity index is 3.09. The second-order valence-corrected chi connectivity index (χ2v) is 3.39. The molecule has 0 bridgehead atoms. The molecule has 0 aliphatic heterocycles. The average Bonchev–Trinajstić information content (AvgIpc) is 2.01. The summed E-state index contributed by atoms with van der Waals surface area (Å²) in [5, 5.41) is 0. The minimum Gasteiger partial charge on any atom is -0.207 e. The van der Waals surface area contributed by atoms with Gasteiger partial charge in [0.2, 0.25) is 0 Å². The SMILES string of the molecule is CC(C)/C=C/c1c(F)cc(F)cc1F. The molecule has 1 rings (SSSR count). The summed E-state index contributed by atoms with van der Waals surface area (Å²) in [6.45, 7) is 3.77. The Labute approximate surface area is 81.1 Å². The zero-order valence-corrected chi connectivity index (χ0v) is 8.02. The van der Waals surface area contributed by atoms with Gasteiger partial charge in [0.05, 0.1) is 0 Å². The van der Waals surface area contributed by atoms with Crippen LogP contribution in [0, 0.1) is 23.4 Å². The van der Waals surface area contributed by atoms with Gasteiger partial charge >= 0.3 is 0 Å². The molecule has 0 saturated heterocycles. The van der Waals surface area contributed by atoms with Crippen LogP contribution in [0.4, 0.5) is 13.2 Å². The molecule has 0 nitrogen and oxygen atoms in total. The normalized spacial score (nSPS) is 11.6. The van der Waals surface area contributed by atoms with Crippen molar-refractivity contribution in [3.05, 3.63) is 41.2 Å². The molecule has 1 aromatic rings. The van der Waals surface area contributed by atoms with Crippen molar-refractivity contribution in [3.8, 4) is 0 Å². The maximum Gasteiger partial charge on any atom is 0.136 e. The Kier molecular flexibility index (Phi) is 3.33. The fraction of sp³-hybridized carbons (Fsp3) is 0.273. The Morgan fingerprint density at radius 3 is 2.00 bits per heavy atom. The Morgan fingerprint density at radius 2 is 1.57 bits per heavy atom. The molecule has 0 N–H and O–H groups in total. The van der Waals surface area contributed by atoms with Gasteiger partial charge in [0.25, 0.3) is 0 Å². The van der Waals surface area contributed by atoms with Gasteiger partial charge in [-0.3, -0.25) is 0 Å². The summed E-state index contributed by atoms with van der Waals surface area (Å²) in [5.74, 6) is -2.46. The molecule has 3 heteroatoms. The van der Waals surface area contributed by atoms with E-state index in [2.05, 4.69) is 0 Å². The van der Waals surface area contributed by atoms with Gasteiger partial charge in [0.15, 0.2) is 0 Å². The summed E-state index contributed by atoms with van der Waals surface area (Å²) in [6, 6.07) is 1.34. The van der Waals surface area contributed by atoms with Crippen molar-refractivity contribution < 1.29 is 13.2 Å². The molecule has 76 valence electrons. The molecule has 0 aromatic heterocycles. The van der Waals surface area contributed by atoms with E-state index in [4.69, 9.17) is 0 Å². The maximum atomic E-state index is 13.0. The molecule has 0 heterocycles. The van der Waals surface area contributed by atoms with Gasteiger partial charge in [-0.1, -0.05) is 26.0 Å². The molecule has 0 spiro atoms. The van der Waals surface area contributed by atoms with E-state index in [0.29, 0.717) is 12.1 Å². The second kappa shape index (κ2) is 4.31. The van der Waals surface area contributed by atoms with Crippen molar-refractivity contribution in [2.45, 2.75) is 13.8 Å². The van der Waals surface area contributed by atoms with E-state index in [0.717, 1.165) is 0 Å². The molecule has 0 aliphatic carbocycles. The third-order valence-corrected chi connectivity index (χ3v) is 1.69. The molecule has 0 unspecified atom stereocenters. The van der Waals surface area contributed by atoms with Crippen molar-refractivity contribution in [2.24, 2.45) is 5.92 Å². The summed E-state index contributed by atoms with van der Waals surface area (Å²) < 4.78 is 38.6. The number of rotatable bonds is 2. The lowest BCUT2D eigenvalue weighted by molar-refractivity contribution is 0.540. The first-order valence-corrected chi connectivity index (χ1v) is 4.33. The largest absolute Gasteiger partial charge is 0.207 e. The first-order valence-electron chi connectivity index (χ1n) is 4.33. The highest BCUT2D eigenvalue weighted by molar-refractivity contribution is 5.50. The highest BCUT2D eigenvalue weighted by atomic mass is 19.1. The van der Waals surface area contributed by atoms with Crippen molar-refractivity contribution >= 4 is 6.08 Å². The lowest BCUT2D eigenvalue weighted by Gasteiger charge is -2.00. The van der Waals surface area contributed by atoms with Gasteiger partial charge in [-0.25, -0.2) is 13.2 Å². The van der Waals surface area contributed by atoms with E-state index in [1.165, 1.54) is 6.08 Å². The highest BCUT2D eigenvalue weighted by Gasteiger charge is 2.08. The molecule has 0 amide bonds. The first-order chi connectivity index (χ1) is 6.50. The van der Waals surface area contributed by atoms with Gasteiger partial charge in [-0.2, -0.15) is 0 Å². The molecule has 0 aliphatic rings. The van der Waals surface area contributed by atoms with Gasteiger partial charge < -0.3 is 0 Å². The molecule has 14 heavy (non-hydrogen) atoms. The fourth-order valence-electron chi connectivity index (χ4n) is 1.00. The van der Waals surface area contributed by atoms with Crippen LogP contribution in [0.5, 0.6) is 0 Å². The molecule has 1 aromatic carbocycles. The number of benzene rings is 1. The summed E-state index contributed by atoms with van der Waals surface area (Å²) in [6.07, 6.45) is 2.98. The van der Waals surface area contributed by atoms with Crippen molar-refractivity contribution in [1.29, 1.82) is 0 Å². The van der Waals surface area contributed by atoms with Crippen LogP contribution in [-0.2, 0) is 0 Å². The van der Waals surface area contributed by atoms with E-state index >= 15 is 0 Å². The lowest BCUT2D eigenvalue weighted by Crippen LogP contribution is -1.91. The lowest BCUT2D eigenvalue weighted by atomic mass is 10.1. The second-order valence-electron chi connectivity index (χ2n) is 3.39. The van der Waals surface area contributed by atoms with E-state index in [9.17, 15) is 13.2 Å². The standard InChI is InChI=1S/C11H11F3/c1-7(2)3-4-9-10(13)5-8(12)6-11(9)14/h3-7H,1-2H3/b4-3+. The van der Waals surface area contributed by atoms with Gasteiger partial charge in [-0.05, 0) is 5.92 Å². The van der Waals surface area contributed by atoms with Crippen LogP contribution >= 0.6 is 0 Å². The van der Waals surface area contributed by atoms with Crippen LogP contribution in [0.3, 0.4) is 0 Å². The Hall–Kier alpha value is -1.25. The van der Waals surface area contributed by atoms with Gasteiger partial charge in [0.1, 0.15) is 17.5 Å². The molecular weight excluding hydrogens is 189 g/mol. The third-order valence-electron chi connectivity index (χ3n) is 1.69. The first kappa shape index (κ1) is 10.8. The molecule has 0 radical (unpaired) electrons. The maximum absolute atomic E-state index is 13.0. The predicted octanol–water partition coefficient (Wildman–Crippen LogP) is 3.77. The van der Waals surface area contributed by atoms with Crippen molar-refractivity contribution in [1.82, 2.24) is 0 Å². The zero-order chi connectivity index (χ0) is 10.7. The van der Waals surface area contributed by atoms with Crippen LogP contribution in [-0.4, -0.2) is 0 Å². The van der Waals surface area contributed by atoms with Crippen molar-refractivity contribution in [3.63, 3.8) is 0 Å². The topological polar surface area (TPSA) is 0 Å². The highest BCUT2D eigenvalue weighted by Crippen LogP contribution is 2.16. The van der Waals surface area contributed by atoms with Gasteiger partial charge in [0, 0.05) is 17.7 Å². The summed E-state index contributed by atoms with van der Waals surface area (Å²) >= 11 is 0. The van der Waals surface area contributed by atoms with Crippen LogP contribution in [0.1, 0.15) is 19.4 Å². The van der Waals surface area contributed by atoms with Crippen LogP contribution in [0.15, 0.2) is 18.2 Å². The number of hydrogen-bond acceptors (Lipinski definition) is 0. The van der Waals surface area contributed by atoms with Crippen molar-refractivity contribution in [2.75, 3.05) is 0 Å². The molecular formula is C11H11F3. The summed E-state index contributed by atoms with van der Waals surface area (Å²) in [4.78, 5) is 0. The van der Waals surface area contributed by atoms with Crippen LogP contribution < -0.4 is 0 Å². The third kappa shape index (κ3) is 2.62. The number of halogens is 3. The Morgan fingerprint density at radius 1 is 1.07 bits per heavy atom. The minimum absolute atomic E-state index is 0.193. The monoisotopic (exact) mass is 200 g/mol.